The quantitative estimate of drug-likeness (QED) is 0.870. The molecule has 20 heavy (non-hydrogen) atoms. The monoisotopic (exact) mass is 311 g/mol. The Morgan fingerprint density at radius 2 is 2.05 bits per heavy atom. The van der Waals surface area contributed by atoms with Crippen LogP contribution in [-0.4, -0.2) is 20.8 Å². The maximum Gasteiger partial charge on any atom is 0.124 e. The van der Waals surface area contributed by atoms with Crippen LogP contribution in [0.4, 0.5) is 0 Å². The van der Waals surface area contributed by atoms with Crippen molar-refractivity contribution in [3.8, 4) is 11.5 Å². The van der Waals surface area contributed by atoms with E-state index in [2.05, 4.69) is 12.2 Å². The van der Waals surface area contributed by atoms with Gasteiger partial charge in [-0.15, -0.1) is 11.3 Å². The average Bonchev–Trinajstić information content (AvgIpc) is 2.90. The minimum absolute atomic E-state index is 0.00227. The Kier molecular flexibility index (Phi) is 5.29. The fourth-order valence-corrected chi connectivity index (χ4v) is 3.38. The summed E-state index contributed by atoms with van der Waals surface area (Å²) in [4.78, 5) is 1.08. The molecule has 1 N–H and O–H groups in total. The Morgan fingerprint density at radius 3 is 2.60 bits per heavy atom. The van der Waals surface area contributed by atoms with Crippen molar-refractivity contribution in [2.24, 2.45) is 0 Å². The van der Waals surface area contributed by atoms with Crippen LogP contribution in [0.2, 0.25) is 5.02 Å². The first-order valence-electron chi connectivity index (χ1n) is 6.39. The summed E-state index contributed by atoms with van der Waals surface area (Å²) in [5.41, 5.74) is 1.03. The molecule has 3 nitrogen and oxygen atoms in total. The molecule has 1 heterocycles. The molecule has 0 spiro atoms. The maximum atomic E-state index is 6.29. The predicted molar refractivity (Wildman–Crippen MR) is 84.4 cm³/mol. The fraction of sp³-hybridized carbons (Fsp3) is 0.333. The molecule has 0 aliphatic heterocycles. The van der Waals surface area contributed by atoms with E-state index < -0.39 is 0 Å². The van der Waals surface area contributed by atoms with Crippen molar-refractivity contribution in [2.45, 2.75) is 13.0 Å². The molecule has 5 heteroatoms. The Labute approximate surface area is 128 Å². The molecule has 0 saturated carbocycles. The van der Waals surface area contributed by atoms with Crippen LogP contribution in [0.1, 0.15) is 23.4 Å². The second kappa shape index (κ2) is 6.97. The summed E-state index contributed by atoms with van der Waals surface area (Å²) in [5, 5.41) is 6.22. The lowest BCUT2D eigenvalue weighted by atomic mass is 10.0. The van der Waals surface area contributed by atoms with Crippen LogP contribution < -0.4 is 14.8 Å². The zero-order chi connectivity index (χ0) is 14.5. The van der Waals surface area contributed by atoms with E-state index in [4.69, 9.17) is 21.1 Å². The van der Waals surface area contributed by atoms with Gasteiger partial charge in [0, 0.05) is 10.4 Å². The molecule has 108 valence electrons. The van der Waals surface area contributed by atoms with Gasteiger partial charge in [0.1, 0.15) is 11.5 Å². The lowest BCUT2D eigenvalue weighted by Crippen LogP contribution is -2.22. The molecule has 0 radical (unpaired) electrons. The molecule has 2 rings (SSSR count). The summed E-state index contributed by atoms with van der Waals surface area (Å²) in [6.45, 7) is 2.90. The second-order valence-corrected chi connectivity index (χ2v) is 5.59. The highest BCUT2D eigenvalue weighted by atomic mass is 35.5. The molecule has 0 fully saturated rings. The third-order valence-electron chi connectivity index (χ3n) is 3.06. The number of hydrogen-bond donors (Lipinski definition) is 1. The van der Waals surface area contributed by atoms with Crippen LogP contribution in [0.3, 0.4) is 0 Å². The van der Waals surface area contributed by atoms with Crippen LogP contribution in [0, 0.1) is 0 Å². The molecule has 1 aromatic carbocycles. The van der Waals surface area contributed by atoms with Gasteiger partial charge in [-0.25, -0.2) is 0 Å². The summed E-state index contributed by atoms with van der Waals surface area (Å²) >= 11 is 7.92. The van der Waals surface area contributed by atoms with E-state index in [0.29, 0.717) is 0 Å². The molecule has 2 aromatic rings. The summed E-state index contributed by atoms with van der Waals surface area (Å²) in [5.74, 6) is 1.62. The van der Waals surface area contributed by atoms with Crippen LogP contribution in [0.25, 0.3) is 0 Å². The largest absolute Gasteiger partial charge is 0.497 e. The Morgan fingerprint density at radius 1 is 1.25 bits per heavy atom. The normalized spacial score (nSPS) is 12.2. The van der Waals surface area contributed by atoms with E-state index in [9.17, 15) is 0 Å². The first kappa shape index (κ1) is 15.2. The Hall–Kier alpha value is -1.23. The zero-order valence-electron chi connectivity index (χ0n) is 11.8. The molecule has 1 unspecified atom stereocenters. The van der Waals surface area contributed by atoms with Gasteiger partial charge in [-0.3, -0.25) is 0 Å². The summed E-state index contributed by atoms with van der Waals surface area (Å²) < 4.78 is 10.8. The van der Waals surface area contributed by atoms with Crippen LogP contribution >= 0.6 is 22.9 Å². The van der Waals surface area contributed by atoms with Gasteiger partial charge in [0.05, 0.1) is 25.3 Å². The molecule has 0 bridgehead atoms. The molecule has 0 saturated heterocycles. The smallest absolute Gasteiger partial charge is 0.124 e. The molecule has 0 amide bonds. The minimum Gasteiger partial charge on any atom is -0.497 e. The van der Waals surface area contributed by atoms with Gasteiger partial charge >= 0.3 is 0 Å². The van der Waals surface area contributed by atoms with Crippen molar-refractivity contribution in [1.82, 2.24) is 5.32 Å². The first-order valence-corrected chi connectivity index (χ1v) is 7.65. The average molecular weight is 312 g/mol. The third-order valence-corrected chi connectivity index (χ3v) is 4.49. The number of rotatable bonds is 6. The highest BCUT2D eigenvalue weighted by Crippen LogP contribution is 2.38. The van der Waals surface area contributed by atoms with Gasteiger partial charge in [-0.05, 0) is 36.2 Å². The van der Waals surface area contributed by atoms with Crippen molar-refractivity contribution in [3.05, 3.63) is 45.1 Å². The van der Waals surface area contributed by atoms with E-state index in [-0.39, 0.29) is 6.04 Å². The van der Waals surface area contributed by atoms with Gasteiger partial charge in [0.2, 0.25) is 0 Å². The van der Waals surface area contributed by atoms with Crippen molar-refractivity contribution in [2.75, 3.05) is 20.8 Å². The van der Waals surface area contributed by atoms with Crippen molar-refractivity contribution < 1.29 is 9.47 Å². The predicted octanol–water partition coefficient (Wildman–Crippen LogP) is 4.12. The topological polar surface area (TPSA) is 30.5 Å². The van der Waals surface area contributed by atoms with Crippen LogP contribution in [-0.2, 0) is 0 Å². The van der Waals surface area contributed by atoms with Crippen molar-refractivity contribution in [1.29, 1.82) is 0 Å². The molecular weight excluding hydrogens is 294 g/mol. The van der Waals surface area contributed by atoms with Crippen molar-refractivity contribution in [3.63, 3.8) is 0 Å². The van der Waals surface area contributed by atoms with E-state index in [1.807, 2.05) is 29.6 Å². The molecule has 1 aromatic heterocycles. The van der Waals surface area contributed by atoms with E-state index in [0.717, 1.165) is 33.5 Å². The van der Waals surface area contributed by atoms with Crippen LogP contribution in [0.15, 0.2) is 29.6 Å². The number of halogens is 1. The van der Waals surface area contributed by atoms with Gasteiger partial charge in [-0.1, -0.05) is 18.5 Å². The number of methoxy groups -OCH3 is 2. The summed E-state index contributed by atoms with van der Waals surface area (Å²) in [6.07, 6.45) is 0. The molecular formula is C15H18ClNO2S. The third kappa shape index (κ3) is 3.08. The van der Waals surface area contributed by atoms with Gasteiger partial charge < -0.3 is 14.8 Å². The Bertz CT molecular complexity index is 571. The van der Waals surface area contributed by atoms with E-state index >= 15 is 0 Å². The van der Waals surface area contributed by atoms with E-state index in [1.165, 1.54) is 0 Å². The maximum absolute atomic E-state index is 6.29. The van der Waals surface area contributed by atoms with E-state index in [1.54, 1.807) is 25.6 Å². The standard InChI is InChI=1S/C15H18ClNO2S/c1-4-17-14(15-12(16)7-8-20-15)11-9-10(18-2)5-6-13(11)19-3/h5-9,14,17H,4H2,1-3H3. The lowest BCUT2D eigenvalue weighted by Gasteiger charge is -2.21. The number of ether oxygens (including phenoxy) is 2. The van der Waals surface area contributed by atoms with Gasteiger partial charge in [0.25, 0.3) is 0 Å². The molecule has 0 aliphatic rings. The summed E-state index contributed by atoms with van der Waals surface area (Å²) in [7, 11) is 3.33. The molecule has 0 aliphatic carbocycles. The lowest BCUT2D eigenvalue weighted by molar-refractivity contribution is 0.394. The first-order chi connectivity index (χ1) is 9.71. The highest BCUT2D eigenvalue weighted by molar-refractivity contribution is 7.10. The molecule has 1 atom stereocenters. The number of benzene rings is 1. The van der Waals surface area contributed by atoms with Crippen LogP contribution in [0.5, 0.6) is 11.5 Å². The number of nitrogens with one attached hydrogen (secondary N) is 1. The zero-order valence-corrected chi connectivity index (χ0v) is 13.3. The summed E-state index contributed by atoms with van der Waals surface area (Å²) in [6, 6.07) is 7.71. The second-order valence-electron chi connectivity index (χ2n) is 4.23. The Balaban J connectivity index is 2.50. The fourth-order valence-electron chi connectivity index (χ4n) is 2.12. The highest BCUT2D eigenvalue weighted by Gasteiger charge is 2.21. The number of hydrogen-bond acceptors (Lipinski definition) is 4. The number of thiophene rings is 1. The van der Waals surface area contributed by atoms with Gasteiger partial charge in [-0.2, -0.15) is 0 Å². The SMILES string of the molecule is CCNC(c1cc(OC)ccc1OC)c1sccc1Cl. The van der Waals surface area contributed by atoms with Gasteiger partial charge in [0.15, 0.2) is 0 Å². The van der Waals surface area contributed by atoms with Crippen molar-refractivity contribution >= 4 is 22.9 Å². The minimum atomic E-state index is -0.00227.